The van der Waals surface area contributed by atoms with Gasteiger partial charge in [-0.25, -0.2) is 0 Å². The van der Waals surface area contributed by atoms with Crippen LogP contribution >= 0.6 is 0 Å². The lowest BCUT2D eigenvalue weighted by atomic mass is 9.96. The van der Waals surface area contributed by atoms with Crippen LogP contribution in [0.2, 0.25) is 0 Å². The van der Waals surface area contributed by atoms with Gasteiger partial charge in [0.15, 0.2) is 0 Å². The van der Waals surface area contributed by atoms with Crippen molar-refractivity contribution in [2.75, 3.05) is 33.3 Å². The maximum absolute atomic E-state index is 10.3. The molecule has 2 aliphatic rings. The number of phenolic OH excluding ortho intramolecular Hbond substituents is 1. The molecule has 0 bridgehead atoms. The molecule has 1 aliphatic heterocycles. The molecule has 1 aliphatic carbocycles. The van der Waals surface area contributed by atoms with Gasteiger partial charge in [-0.1, -0.05) is 18.9 Å². The normalized spacial score (nSPS) is 21.6. The van der Waals surface area contributed by atoms with Gasteiger partial charge in [0.05, 0.1) is 12.7 Å². The highest BCUT2D eigenvalue weighted by molar-refractivity contribution is 5.46. The second-order valence-electron chi connectivity index (χ2n) is 5.87. The molecule has 0 amide bonds. The highest BCUT2D eigenvalue weighted by Gasteiger charge is 2.33. The van der Waals surface area contributed by atoms with Crippen molar-refractivity contribution in [3.8, 4) is 11.5 Å². The van der Waals surface area contributed by atoms with Gasteiger partial charge in [0.25, 0.3) is 0 Å². The Morgan fingerprint density at radius 3 is 2.75 bits per heavy atom. The van der Waals surface area contributed by atoms with Crippen LogP contribution in [-0.2, 0) is 0 Å². The molecule has 0 radical (unpaired) electrons. The van der Waals surface area contributed by atoms with E-state index in [4.69, 9.17) is 4.74 Å². The van der Waals surface area contributed by atoms with Gasteiger partial charge in [0.1, 0.15) is 11.5 Å². The van der Waals surface area contributed by atoms with E-state index in [-0.39, 0.29) is 6.04 Å². The Bertz CT molecular complexity index is 454. The highest BCUT2D eigenvalue weighted by atomic mass is 16.5. The van der Waals surface area contributed by atoms with E-state index in [2.05, 4.69) is 10.2 Å². The molecule has 1 aromatic carbocycles. The van der Waals surface area contributed by atoms with E-state index in [0.29, 0.717) is 5.75 Å². The van der Waals surface area contributed by atoms with Gasteiger partial charge in [-0.2, -0.15) is 0 Å². The summed E-state index contributed by atoms with van der Waals surface area (Å²) >= 11 is 0. The molecule has 2 fully saturated rings. The molecule has 110 valence electrons. The zero-order valence-corrected chi connectivity index (χ0v) is 12.1. The van der Waals surface area contributed by atoms with Crippen molar-refractivity contribution in [2.45, 2.75) is 25.3 Å². The Hall–Kier alpha value is -1.26. The van der Waals surface area contributed by atoms with Gasteiger partial charge >= 0.3 is 0 Å². The van der Waals surface area contributed by atoms with Gasteiger partial charge in [0.2, 0.25) is 0 Å². The zero-order chi connectivity index (χ0) is 13.9. The van der Waals surface area contributed by atoms with Crippen molar-refractivity contribution in [1.29, 1.82) is 0 Å². The van der Waals surface area contributed by atoms with Crippen molar-refractivity contribution < 1.29 is 9.84 Å². The SMILES string of the molecule is COc1cccc(O)c1[C@@H](CC1CC1)N1CCNCC1. The van der Waals surface area contributed by atoms with Gasteiger partial charge in [-0.05, 0) is 24.5 Å². The molecule has 1 heterocycles. The molecule has 1 saturated heterocycles. The van der Waals surface area contributed by atoms with Crippen LogP contribution in [0.3, 0.4) is 0 Å². The maximum atomic E-state index is 10.3. The summed E-state index contributed by atoms with van der Waals surface area (Å²) in [5, 5.41) is 13.7. The number of phenols is 1. The Morgan fingerprint density at radius 2 is 2.10 bits per heavy atom. The summed E-state index contributed by atoms with van der Waals surface area (Å²) in [5.74, 6) is 2.00. The number of methoxy groups -OCH3 is 1. The standard InChI is InChI=1S/C16H24N2O2/c1-20-15-4-2-3-14(19)16(15)13(11-12-5-6-12)18-9-7-17-8-10-18/h2-4,12-13,17,19H,5-11H2,1H3/t13-/m1/s1. The molecule has 0 aromatic heterocycles. The lowest BCUT2D eigenvalue weighted by Crippen LogP contribution is -2.45. The molecule has 4 nitrogen and oxygen atoms in total. The van der Waals surface area contributed by atoms with Crippen LogP contribution in [0.15, 0.2) is 18.2 Å². The van der Waals surface area contributed by atoms with Gasteiger partial charge in [-0.3, -0.25) is 4.90 Å². The number of rotatable bonds is 5. The fourth-order valence-electron chi connectivity index (χ4n) is 3.16. The van der Waals surface area contributed by atoms with Crippen LogP contribution in [-0.4, -0.2) is 43.3 Å². The molecule has 4 heteroatoms. The Kier molecular flexibility index (Phi) is 4.13. The van der Waals surface area contributed by atoms with E-state index < -0.39 is 0 Å². The van der Waals surface area contributed by atoms with Crippen LogP contribution in [0.25, 0.3) is 0 Å². The van der Waals surface area contributed by atoms with Gasteiger partial charge < -0.3 is 15.2 Å². The van der Waals surface area contributed by atoms with Crippen molar-refractivity contribution in [3.63, 3.8) is 0 Å². The lowest BCUT2D eigenvalue weighted by Gasteiger charge is -2.36. The number of piperazine rings is 1. The van der Waals surface area contributed by atoms with E-state index in [0.717, 1.165) is 49.8 Å². The first kappa shape index (κ1) is 13.7. The predicted molar refractivity (Wildman–Crippen MR) is 79.2 cm³/mol. The molecular weight excluding hydrogens is 252 g/mol. The maximum Gasteiger partial charge on any atom is 0.127 e. The average Bonchev–Trinajstić information content (AvgIpc) is 3.30. The fourth-order valence-corrected chi connectivity index (χ4v) is 3.16. The monoisotopic (exact) mass is 276 g/mol. The second kappa shape index (κ2) is 6.02. The number of nitrogens with one attached hydrogen (secondary N) is 1. The number of benzene rings is 1. The topological polar surface area (TPSA) is 44.7 Å². The van der Waals surface area contributed by atoms with Crippen LogP contribution in [0.5, 0.6) is 11.5 Å². The molecule has 2 N–H and O–H groups in total. The van der Waals surface area contributed by atoms with Gasteiger partial charge in [-0.15, -0.1) is 0 Å². The van der Waals surface area contributed by atoms with Crippen molar-refractivity contribution in [3.05, 3.63) is 23.8 Å². The minimum absolute atomic E-state index is 0.278. The summed E-state index contributed by atoms with van der Waals surface area (Å²) in [4.78, 5) is 2.49. The highest BCUT2D eigenvalue weighted by Crippen LogP contribution is 2.45. The average molecular weight is 276 g/mol. The molecule has 1 saturated carbocycles. The molecule has 3 rings (SSSR count). The summed E-state index contributed by atoms with van der Waals surface area (Å²) in [7, 11) is 1.68. The molecule has 0 unspecified atom stereocenters. The van der Waals surface area contributed by atoms with E-state index in [1.165, 1.54) is 12.8 Å². The number of hydrogen-bond donors (Lipinski definition) is 2. The number of aromatic hydroxyl groups is 1. The summed E-state index contributed by atoms with van der Waals surface area (Å²) in [6, 6.07) is 5.86. The predicted octanol–water partition coefficient (Wildman–Crippen LogP) is 2.15. The quantitative estimate of drug-likeness (QED) is 0.865. The third-order valence-corrected chi connectivity index (χ3v) is 4.44. The van der Waals surface area contributed by atoms with E-state index >= 15 is 0 Å². The number of ether oxygens (including phenoxy) is 1. The lowest BCUT2D eigenvalue weighted by molar-refractivity contribution is 0.155. The van der Waals surface area contributed by atoms with Crippen LogP contribution in [0, 0.1) is 5.92 Å². The van der Waals surface area contributed by atoms with E-state index in [1.54, 1.807) is 13.2 Å². The summed E-state index contributed by atoms with van der Waals surface area (Å²) in [6.07, 6.45) is 3.80. The molecule has 1 atom stereocenters. The Morgan fingerprint density at radius 1 is 1.35 bits per heavy atom. The van der Waals surface area contributed by atoms with Crippen LogP contribution in [0.1, 0.15) is 30.9 Å². The molecule has 1 aromatic rings. The van der Waals surface area contributed by atoms with E-state index in [1.807, 2.05) is 12.1 Å². The molecular formula is C16H24N2O2. The molecule has 0 spiro atoms. The Balaban J connectivity index is 1.90. The third-order valence-electron chi connectivity index (χ3n) is 4.44. The molecule has 20 heavy (non-hydrogen) atoms. The summed E-state index contributed by atoms with van der Waals surface area (Å²) in [6.45, 7) is 4.12. The van der Waals surface area contributed by atoms with Gasteiger partial charge in [0, 0.05) is 32.2 Å². The van der Waals surface area contributed by atoms with Crippen molar-refractivity contribution in [1.82, 2.24) is 10.2 Å². The first-order valence-electron chi connectivity index (χ1n) is 7.60. The van der Waals surface area contributed by atoms with Crippen LogP contribution < -0.4 is 10.1 Å². The fraction of sp³-hybridized carbons (Fsp3) is 0.625. The Labute approximate surface area is 120 Å². The second-order valence-corrected chi connectivity index (χ2v) is 5.87. The van der Waals surface area contributed by atoms with Crippen molar-refractivity contribution in [2.24, 2.45) is 5.92 Å². The number of nitrogens with zero attached hydrogens (tertiary/aromatic N) is 1. The third kappa shape index (κ3) is 2.91. The van der Waals surface area contributed by atoms with Crippen LogP contribution in [0.4, 0.5) is 0 Å². The van der Waals surface area contributed by atoms with E-state index in [9.17, 15) is 5.11 Å². The first-order chi connectivity index (χ1) is 9.79. The number of hydrogen-bond acceptors (Lipinski definition) is 4. The minimum Gasteiger partial charge on any atom is -0.507 e. The van der Waals surface area contributed by atoms with Crippen molar-refractivity contribution >= 4 is 0 Å². The smallest absolute Gasteiger partial charge is 0.127 e. The first-order valence-corrected chi connectivity index (χ1v) is 7.60. The summed E-state index contributed by atoms with van der Waals surface area (Å²) < 4.78 is 5.50. The summed E-state index contributed by atoms with van der Waals surface area (Å²) in [5.41, 5.74) is 0.976. The minimum atomic E-state index is 0.278. The zero-order valence-electron chi connectivity index (χ0n) is 12.1. The largest absolute Gasteiger partial charge is 0.507 e.